The van der Waals surface area contributed by atoms with Crippen LogP contribution in [-0.4, -0.2) is 41.9 Å². The molecule has 2 N–H and O–H groups in total. The number of ether oxygens (including phenoxy) is 2. The molecule has 0 aliphatic carbocycles. The van der Waals surface area contributed by atoms with Gasteiger partial charge in [-0.05, 0) is 51.1 Å². The minimum atomic E-state index is -1.24. The van der Waals surface area contributed by atoms with Crippen LogP contribution in [0, 0.1) is 0 Å². The van der Waals surface area contributed by atoms with E-state index in [1.165, 1.54) is 19.2 Å². The standard InChI is InChI=1S/C20H22ClNO7/c1-20(2,3)29-19(26)22-15(17(23)24)10-12-6-8-16(28-12)11-5-7-14(21)13(9-11)18(25)27-4/h5-9,15H,10H2,1-4H3,(H,22,26)(H,23,24). The zero-order valence-electron chi connectivity index (χ0n) is 16.4. The Morgan fingerprint density at radius 3 is 2.48 bits per heavy atom. The first-order valence-electron chi connectivity index (χ1n) is 8.69. The number of nitrogens with one attached hydrogen (secondary N) is 1. The smallest absolute Gasteiger partial charge is 0.408 e. The van der Waals surface area contributed by atoms with E-state index in [-0.39, 0.29) is 17.0 Å². The minimum absolute atomic E-state index is 0.0912. The highest BCUT2D eigenvalue weighted by Crippen LogP contribution is 2.27. The molecular formula is C20H22ClNO7. The van der Waals surface area contributed by atoms with E-state index < -0.39 is 29.7 Å². The summed E-state index contributed by atoms with van der Waals surface area (Å²) in [7, 11) is 1.25. The predicted molar refractivity (Wildman–Crippen MR) is 105 cm³/mol. The number of furan rings is 1. The third kappa shape index (κ3) is 6.25. The molecule has 0 fully saturated rings. The van der Waals surface area contributed by atoms with E-state index in [0.29, 0.717) is 17.1 Å². The Labute approximate surface area is 172 Å². The highest BCUT2D eigenvalue weighted by Gasteiger charge is 2.25. The van der Waals surface area contributed by atoms with E-state index in [1.807, 2.05) is 0 Å². The van der Waals surface area contributed by atoms with E-state index in [4.69, 9.17) is 25.5 Å². The quantitative estimate of drug-likeness (QED) is 0.677. The summed E-state index contributed by atoms with van der Waals surface area (Å²) in [6.07, 6.45) is -0.927. The zero-order chi connectivity index (χ0) is 21.8. The number of carboxylic acid groups (broad SMARTS) is 1. The molecule has 156 valence electrons. The average Bonchev–Trinajstić information content (AvgIpc) is 3.07. The van der Waals surface area contributed by atoms with E-state index >= 15 is 0 Å². The van der Waals surface area contributed by atoms with Crippen molar-refractivity contribution in [2.45, 2.75) is 38.8 Å². The average molecular weight is 424 g/mol. The van der Waals surface area contributed by atoms with Crippen molar-refractivity contribution in [1.82, 2.24) is 5.32 Å². The maximum absolute atomic E-state index is 11.9. The topological polar surface area (TPSA) is 115 Å². The summed E-state index contributed by atoms with van der Waals surface area (Å²) in [6.45, 7) is 5.03. The molecule has 0 aliphatic rings. The first-order valence-corrected chi connectivity index (χ1v) is 9.07. The highest BCUT2D eigenvalue weighted by atomic mass is 35.5. The van der Waals surface area contributed by atoms with Gasteiger partial charge in [0, 0.05) is 12.0 Å². The van der Waals surface area contributed by atoms with Gasteiger partial charge in [0.15, 0.2) is 0 Å². The molecule has 1 unspecified atom stereocenters. The number of hydrogen-bond acceptors (Lipinski definition) is 6. The lowest BCUT2D eigenvalue weighted by molar-refractivity contribution is -0.139. The second kappa shape index (κ2) is 9.00. The molecular weight excluding hydrogens is 402 g/mol. The van der Waals surface area contributed by atoms with Crippen molar-refractivity contribution in [3.8, 4) is 11.3 Å². The number of rotatable bonds is 6. The van der Waals surface area contributed by atoms with Gasteiger partial charge in [-0.2, -0.15) is 0 Å². The highest BCUT2D eigenvalue weighted by molar-refractivity contribution is 6.33. The molecule has 1 atom stereocenters. The summed E-state index contributed by atoms with van der Waals surface area (Å²) >= 11 is 6.01. The fourth-order valence-corrected chi connectivity index (χ4v) is 2.63. The number of carboxylic acids is 1. The fourth-order valence-electron chi connectivity index (χ4n) is 2.44. The molecule has 2 aromatic rings. The number of methoxy groups -OCH3 is 1. The number of esters is 1. The molecule has 0 radical (unpaired) electrons. The summed E-state index contributed by atoms with van der Waals surface area (Å²) < 4.78 is 15.5. The van der Waals surface area contributed by atoms with Crippen molar-refractivity contribution < 1.29 is 33.4 Å². The lowest BCUT2D eigenvalue weighted by Crippen LogP contribution is -2.44. The molecule has 1 aromatic heterocycles. The largest absolute Gasteiger partial charge is 0.480 e. The van der Waals surface area contributed by atoms with Gasteiger partial charge in [0.25, 0.3) is 0 Å². The number of amides is 1. The lowest BCUT2D eigenvalue weighted by atomic mass is 10.1. The minimum Gasteiger partial charge on any atom is -0.480 e. The summed E-state index contributed by atoms with van der Waals surface area (Å²) in [6, 6.07) is 6.70. The summed E-state index contributed by atoms with van der Waals surface area (Å²) in [5, 5.41) is 11.9. The van der Waals surface area contributed by atoms with Crippen LogP contribution in [0.4, 0.5) is 4.79 Å². The van der Waals surface area contributed by atoms with E-state index in [2.05, 4.69) is 5.32 Å². The first-order chi connectivity index (χ1) is 13.5. The van der Waals surface area contributed by atoms with Crippen LogP contribution in [0.2, 0.25) is 5.02 Å². The van der Waals surface area contributed by atoms with Crippen LogP contribution in [0.25, 0.3) is 11.3 Å². The number of alkyl carbamates (subject to hydrolysis) is 1. The van der Waals surface area contributed by atoms with Crippen LogP contribution >= 0.6 is 11.6 Å². The monoisotopic (exact) mass is 423 g/mol. The predicted octanol–water partition coefficient (Wildman–Crippen LogP) is 3.91. The Kier molecular flexibility index (Phi) is 6.92. The van der Waals surface area contributed by atoms with Gasteiger partial charge in [-0.3, -0.25) is 0 Å². The van der Waals surface area contributed by atoms with Gasteiger partial charge >= 0.3 is 18.0 Å². The third-order valence-corrected chi connectivity index (χ3v) is 4.04. The number of hydrogen-bond donors (Lipinski definition) is 2. The van der Waals surface area contributed by atoms with Gasteiger partial charge in [0.2, 0.25) is 0 Å². The van der Waals surface area contributed by atoms with Crippen LogP contribution in [0.15, 0.2) is 34.7 Å². The Hall–Kier alpha value is -3.00. The molecule has 0 aliphatic heterocycles. The van der Waals surface area contributed by atoms with Crippen molar-refractivity contribution in [3.63, 3.8) is 0 Å². The molecule has 0 saturated heterocycles. The second-order valence-electron chi connectivity index (χ2n) is 7.19. The van der Waals surface area contributed by atoms with Gasteiger partial charge < -0.3 is 24.3 Å². The van der Waals surface area contributed by atoms with Crippen LogP contribution < -0.4 is 5.32 Å². The maximum atomic E-state index is 11.9. The third-order valence-electron chi connectivity index (χ3n) is 3.71. The number of benzene rings is 1. The van der Waals surface area contributed by atoms with Gasteiger partial charge in [0.05, 0.1) is 17.7 Å². The summed E-state index contributed by atoms with van der Waals surface area (Å²) in [4.78, 5) is 35.2. The van der Waals surface area contributed by atoms with Crippen molar-refractivity contribution in [3.05, 3.63) is 46.7 Å². The normalized spacial score (nSPS) is 12.2. The SMILES string of the molecule is COC(=O)c1cc(-c2ccc(CC(NC(=O)OC(C)(C)C)C(=O)O)o2)ccc1Cl. The van der Waals surface area contributed by atoms with Crippen LogP contribution in [0.5, 0.6) is 0 Å². The van der Waals surface area contributed by atoms with Crippen LogP contribution in [0.3, 0.4) is 0 Å². The fraction of sp³-hybridized carbons (Fsp3) is 0.350. The van der Waals surface area contributed by atoms with E-state index in [0.717, 1.165) is 0 Å². The molecule has 1 amide bonds. The number of aliphatic carboxylic acids is 1. The molecule has 1 aromatic carbocycles. The van der Waals surface area contributed by atoms with Gasteiger partial charge in [-0.1, -0.05) is 11.6 Å². The summed E-state index contributed by atoms with van der Waals surface area (Å²) in [5.41, 5.74) is -0.00987. The van der Waals surface area contributed by atoms with Gasteiger partial charge in [-0.25, -0.2) is 14.4 Å². The number of carbonyl (C=O) groups is 3. The molecule has 2 rings (SSSR count). The van der Waals surface area contributed by atoms with E-state index in [9.17, 15) is 19.5 Å². The molecule has 0 spiro atoms. The Morgan fingerprint density at radius 2 is 1.90 bits per heavy atom. The molecule has 9 heteroatoms. The molecule has 8 nitrogen and oxygen atoms in total. The number of halogens is 1. The molecule has 0 bridgehead atoms. The Morgan fingerprint density at radius 1 is 1.21 bits per heavy atom. The molecule has 1 heterocycles. The Balaban J connectivity index is 2.17. The van der Waals surface area contributed by atoms with Crippen molar-refractivity contribution in [2.24, 2.45) is 0 Å². The lowest BCUT2D eigenvalue weighted by Gasteiger charge is -2.21. The first kappa shape index (κ1) is 22.3. The van der Waals surface area contributed by atoms with Crippen LogP contribution in [-0.2, 0) is 20.7 Å². The number of carbonyl (C=O) groups excluding carboxylic acids is 2. The van der Waals surface area contributed by atoms with Gasteiger partial charge in [0.1, 0.15) is 23.2 Å². The zero-order valence-corrected chi connectivity index (χ0v) is 17.2. The van der Waals surface area contributed by atoms with Crippen molar-refractivity contribution in [1.29, 1.82) is 0 Å². The van der Waals surface area contributed by atoms with Crippen molar-refractivity contribution in [2.75, 3.05) is 7.11 Å². The molecule has 29 heavy (non-hydrogen) atoms. The molecule has 0 saturated carbocycles. The van der Waals surface area contributed by atoms with Gasteiger partial charge in [-0.15, -0.1) is 0 Å². The second-order valence-corrected chi connectivity index (χ2v) is 7.60. The van der Waals surface area contributed by atoms with Crippen molar-refractivity contribution >= 4 is 29.6 Å². The maximum Gasteiger partial charge on any atom is 0.408 e. The summed E-state index contributed by atoms with van der Waals surface area (Å²) in [5.74, 6) is -1.08. The Bertz CT molecular complexity index is 914. The van der Waals surface area contributed by atoms with E-state index in [1.54, 1.807) is 39.0 Å². The van der Waals surface area contributed by atoms with Crippen LogP contribution in [0.1, 0.15) is 36.9 Å².